The molecule has 0 amide bonds. The van der Waals surface area contributed by atoms with Crippen LogP contribution in [-0.4, -0.2) is 58.8 Å². The third kappa shape index (κ3) is 6.68. The largest absolute Gasteiger partial charge is 0.478 e. The van der Waals surface area contributed by atoms with Gasteiger partial charge in [0.25, 0.3) is 0 Å². The van der Waals surface area contributed by atoms with Gasteiger partial charge in [-0.05, 0) is 69.3 Å². The molecule has 3 aromatic heterocycles. The molecule has 0 radical (unpaired) electrons. The first-order valence-corrected chi connectivity index (χ1v) is 14.6. The lowest BCUT2D eigenvalue weighted by atomic mass is 9.93. The van der Waals surface area contributed by atoms with Crippen LogP contribution in [0.5, 0.6) is 5.88 Å². The maximum absolute atomic E-state index is 14.1. The number of H-pyrrole nitrogens is 1. The van der Waals surface area contributed by atoms with E-state index in [0.717, 1.165) is 54.3 Å². The molecule has 0 saturated carbocycles. The van der Waals surface area contributed by atoms with Crippen molar-refractivity contribution in [2.75, 3.05) is 13.1 Å². The average Bonchev–Trinajstić information content (AvgIpc) is 3.57. The van der Waals surface area contributed by atoms with E-state index in [1.54, 1.807) is 36.4 Å². The number of rotatable bonds is 10. The molecular weight excluding hydrogens is 573 g/mol. The van der Waals surface area contributed by atoms with Gasteiger partial charge in [0.1, 0.15) is 29.9 Å². The van der Waals surface area contributed by atoms with Crippen LogP contribution in [0.3, 0.4) is 0 Å². The van der Waals surface area contributed by atoms with Gasteiger partial charge in [0.05, 0.1) is 23.1 Å². The van der Waals surface area contributed by atoms with Crippen LogP contribution in [0.15, 0.2) is 54.6 Å². The maximum atomic E-state index is 14.1. The zero-order chi connectivity index (χ0) is 29.9. The number of aryl methyl sites for hydroxylation is 3. The zero-order valence-corrected chi connectivity index (χ0v) is 24.4. The Bertz CT molecular complexity index is 1760. The lowest BCUT2D eigenvalue weighted by Crippen LogP contribution is -2.33. The Balaban J connectivity index is 1.12. The molecule has 0 spiro atoms. The van der Waals surface area contributed by atoms with Crippen molar-refractivity contribution < 1.29 is 19.0 Å². The summed E-state index contributed by atoms with van der Waals surface area (Å²) in [6.07, 6.45) is 2.46. The van der Waals surface area contributed by atoms with E-state index in [2.05, 4.69) is 24.6 Å². The Kier molecular flexibility index (Phi) is 8.35. The number of ether oxygens (including phenoxy) is 1. The highest BCUT2D eigenvalue weighted by Crippen LogP contribution is 2.29. The molecule has 1 aliphatic rings. The second kappa shape index (κ2) is 12.5. The topological polar surface area (TPSA) is 122 Å². The molecule has 1 fully saturated rings. The van der Waals surface area contributed by atoms with Crippen molar-refractivity contribution in [1.29, 1.82) is 0 Å². The summed E-state index contributed by atoms with van der Waals surface area (Å²) in [5.74, 6) is 1.71. The lowest BCUT2D eigenvalue weighted by Gasteiger charge is -2.31. The van der Waals surface area contributed by atoms with Gasteiger partial charge in [0.2, 0.25) is 5.88 Å². The molecule has 0 bridgehead atoms. The van der Waals surface area contributed by atoms with E-state index in [9.17, 15) is 14.3 Å². The van der Waals surface area contributed by atoms with Crippen molar-refractivity contribution in [3.05, 3.63) is 99.7 Å². The Morgan fingerprint density at radius 2 is 1.95 bits per heavy atom. The van der Waals surface area contributed by atoms with Crippen molar-refractivity contribution in [2.45, 2.75) is 51.8 Å². The van der Waals surface area contributed by atoms with E-state index in [0.29, 0.717) is 41.8 Å². The number of carbonyl (C=O) groups is 1. The predicted octanol–water partition coefficient (Wildman–Crippen LogP) is 5.55. The summed E-state index contributed by atoms with van der Waals surface area (Å²) < 4.78 is 22.0. The average molecular weight is 604 g/mol. The minimum atomic E-state index is -0.968. The molecule has 5 aromatic rings. The highest BCUT2D eigenvalue weighted by Gasteiger charge is 2.24. The molecule has 0 unspecified atom stereocenters. The Hall–Kier alpha value is -4.35. The zero-order valence-electron chi connectivity index (χ0n) is 23.6. The molecule has 2 N–H and O–H groups in total. The molecule has 1 saturated heterocycles. The number of nitrogens with zero attached hydrogens (tertiary/aromatic N) is 6. The minimum absolute atomic E-state index is 0.0723. The number of aromatic carboxylic acids is 1. The quantitative estimate of drug-likeness (QED) is 0.213. The fraction of sp³-hybridized carbons (Fsp3) is 0.323. The summed E-state index contributed by atoms with van der Waals surface area (Å²) in [5.41, 5.74) is 3.17. The number of aromatic nitrogens is 6. The predicted molar refractivity (Wildman–Crippen MR) is 159 cm³/mol. The van der Waals surface area contributed by atoms with Gasteiger partial charge >= 0.3 is 5.97 Å². The van der Waals surface area contributed by atoms with Crippen LogP contribution in [0.2, 0.25) is 5.02 Å². The lowest BCUT2D eigenvalue weighted by molar-refractivity contribution is 0.0697. The van der Waals surface area contributed by atoms with E-state index in [4.69, 9.17) is 26.3 Å². The number of hydrogen-bond acceptors (Lipinski definition) is 7. The van der Waals surface area contributed by atoms with Crippen molar-refractivity contribution in [3.63, 3.8) is 0 Å². The van der Waals surface area contributed by atoms with Crippen LogP contribution in [0.1, 0.15) is 57.8 Å². The van der Waals surface area contributed by atoms with Crippen molar-refractivity contribution in [3.8, 4) is 5.88 Å². The summed E-state index contributed by atoms with van der Waals surface area (Å²) >= 11 is 5.85. The highest BCUT2D eigenvalue weighted by atomic mass is 35.5. The van der Waals surface area contributed by atoms with Crippen LogP contribution in [0, 0.1) is 12.7 Å². The number of aromatic amines is 1. The van der Waals surface area contributed by atoms with E-state index in [1.165, 1.54) is 6.07 Å². The van der Waals surface area contributed by atoms with Crippen molar-refractivity contribution in [1.82, 2.24) is 34.6 Å². The van der Waals surface area contributed by atoms with Crippen LogP contribution in [0.4, 0.5) is 4.39 Å². The molecule has 1 aliphatic heterocycles. The molecule has 6 rings (SSSR count). The van der Waals surface area contributed by atoms with Gasteiger partial charge in [0, 0.05) is 41.2 Å². The number of carboxylic acid groups (broad SMARTS) is 1. The Morgan fingerprint density at radius 1 is 1.12 bits per heavy atom. The van der Waals surface area contributed by atoms with Crippen LogP contribution < -0.4 is 4.74 Å². The first-order chi connectivity index (χ1) is 20.8. The third-order valence-corrected chi connectivity index (χ3v) is 8.03. The smallest absolute Gasteiger partial charge is 0.335 e. The second-order valence-electron chi connectivity index (χ2n) is 10.7. The molecule has 0 atom stereocenters. The van der Waals surface area contributed by atoms with E-state index < -0.39 is 11.8 Å². The number of halogens is 2. The van der Waals surface area contributed by atoms with Crippen LogP contribution >= 0.6 is 11.6 Å². The number of hydrogen-bond donors (Lipinski definition) is 2. The van der Waals surface area contributed by atoms with Gasteiger partial charge in [0.15, 0.2) is 0 Å². The number of piperidine rings is 1. The number of benzene rings is 2. The fourth-order valence-electron chi connectivity index (χ4n) is 5.51. The number of likely N-dealkylation sites (tertiary alicyclic amines) is 1. The first kappa shape index (κ1) is 28.8. The van der Waals surface area contributed by atoms with Gasteiger partial charge in [-0.15, -0.1) is 0 Å². The molecule has 222 valence electrons. The van der Waals surface area contributed by atoms with E-state index in [-0.39, 0.29) is 18.1 Å². The van der Waals surface area contributed by atoms with Crippen molar-refractivity contribution in [2.24, 2.45) is 0 Å². The minimum Gasteiger partial charge on any atom is -0.478 e. The number of nitrogens with one attached hydrogen (secondary N) is 1. The van der Waals surface area contributed by atoms with Gasteiger partial charge in [-0.3, -0.25) is 10.00 Å². The van der Waals surface area contributed by atoms with Gasteiger partial charge < -0.3 is 14.4 Å². The van der Waals surface area contributed by atoms with Crippen LogP contribution in [0.25, 0.3) is 11.0 Å². The molecule has 2 aromatic carbocycles. The second-order valence-corrected chi connectivity index (χ2v) is 11.2. The number of imidazole rings is 1. The molecular formula is C31H31ClFN7O3. The van der Waals surface area contributed by atoms with E-state index in [1.807, 2.05) is 19.1 Å². The maximum Gasteiger partial charge on any atom is 0.335 e. The molecule has 4 heterocycles. The normalized spacial score (nSPS) is 14.4. The fourth-order valence-corrected chi connectivity index (χ4v) is 5.67. The monoisotopic (exact) mass is 603 g/mol. The third-order valence-electron chi connectivity index (χ3n) is 7.80. The summed E-state index contributed by atoms with van der Waals surface area (Å²) in [6, 6.07) is 15.3. The number of carboxylic acids is 1. The Morgan fingerprint density at radius 3 is 2.70 bits per heavy atom. The molecule has 43 heavy (non-hydrogen) atoms. The van der Waals surface area contributed by atoms with E-state index >= 15 is 0 Å². The Labute approximate surface area is 252 Å². The summed E-state index contributed by atoms with van der Waals surface area (Å²) in [7, 11) is 0. The van der Waals surface area contributed by atoms with Crippen LogP contribution in [-0.2, 0) is 26.1 Å². The molecule has 10 nitrogen and oxygen atoms in total. The van der Waals surface area contributed by atoms with Gasteiger partial charge in [-0.25, -0.2) is 24.1 Å². The summed E-state index contributed by atoms with van der Waals surface area (Å²) in [4.78, 5) is 28.1. The molecule has 12 heteroatoms. The summed E-state index contributed by atoms with van der Waals surface area (Å²) in [6.45, 7) is 4.86. The number of pyridine rings is 1. The standard InChI is InChI=1S/C31H31ClFN7O3/c1-19-34-28(38-37-19)11-14-40-27-15-21(31(41)42)6-8-26(27)35-29(40)17-39-12-9-20(10-13-39)25-3-2-4-30(36-25)43-18-22-5-7-23(32)16-24(22)33/h2-8,15-16,20H,9-14,17-18H2,1H3,(H,41,42)(H,34,37,38). The molecule has 0 aliphatic carbocycles. The SMILES string of the molecule is Cc1n[nH]c(CCn2c(CN3CCC(c4cccc(OCc5ccc(Cl)cc5F)n4)CC3)nc3ccc(C(=O)O)cc32)n1. The summed E-state index contributed by atoms with van der Waals surface area (Å²) in [5, 5.41) is 17.0. The highest BCUT2D eigenvalue weighted by molar-refractivity contribution is 6.30. The van der Waals surface area contributed by atoms with Crippen molar-refractivity contribution >= 4 is 28.6 Å². The first-order valence-electron chi connectivity index (χ1n) is 14.2. The van der Waals surface area contributed by atoms with Gasteiger partial charge in [-0.2, -0.15) is 5.10 Å². The van der Waals surface area contributed by atoms with Gasteiger partial charge in [-0.1, -0.05) is 23.7 Å². The number of fused-ring (bicyclic) bond motifs is 1.